The van der Waals surface area contributed by atoms with Crippen molar-refractivity contribution in [3.05, 3.63) is 29.8 Å². The predicted molar refractivity (Wildman–Crippen MR) is 67.9 cm³/mol. The Bertz CT molecular complexity index is 300. The number of rotatable bonds is 7. The molecule has 0 aliphatic carbocycles. The second-order valence-electron chi connectivity index (χ2n) is 4.14. The Kier molecular flexibility index (Phi) is 5.90. The summed E-state index contributed by atoms with van der Waals surface area (Å²) in [6, 6.07) is 8.18. The minimum absolute atomic E-state index is 0.777. The topological polar surface area (TPSA) is 24.5 Å². The van der Waals surface area contributed by atoms with E-state index in [9.17, 15) is 0 Å². The normalized spacial score (nSPS) is 10.8. The average molecular weight is 222 g/mol. The van der Waals surface area contributed by atoms with Gasteiger partial charge in [0.1, 0.15) is 5.75 Å². The van der Waals surface area contributed by atoms with Crippen LogP contribution in [-0.4, -0.2) is 39.2 Å². The maximum absolute atomic E-state index is 5.77. The van der Waals surface area contributed by atoms with Gasteiger partial charge in [0.2, 0.25) is 0 Å². The SMILES string of the molecule is CNCc1ccccc1OCCCN(C)C. The van der Waals surface area contributed by atoms with E-state index in [1.54, 1.807) is 0 Å². The van der Waals surface area contributed by atoms with E-state index in [0.717, 1.165) is 31.9 Å². The van der Waals surface area contributed by atoms with E-state index in [0.29, 0.717) is 0 Å². The summed E-state index contributed by atoms with van der Waals surface area (Å²) in [5.74, 6) is 0.996. The number of benzene rings is 1. The zero-order valence-corrected chi connectivity index (χ0v) is 10.5. The van der Waals surface area contributed by atoms with Gasteiger partial charge in [-0.15, -0.1) is 0 Å². The van der Waals surface area contributed by atoms with Gasteiger partial charge in [-0.1, -0.05) is 18.2 Å². The van der Waals surface area contributed by atoms with Gasteiger partial charge in [0, 0.05) is 18.7 Å². The van der Waals surface area contributed by atoms with E-state index in [1.807, 2.05) is 25.2 Å². The summed E-state index contributed by atoms with van der Waals surface area (Å²) in [6.07, 6.45) is 1.06. The third-order valence-electron chi connectivity index (χ3n) is 2.35. The minimum atomic E-state index is 0.777. The summed E-state index contributed by atoms with van der Waals surface area (Å²) in [4.78, 5) is 2.17. The van der Waals surface area contributed by atoms with Crippen molar-refractivity contribution < 1.29 is 4.74 Å². The fraction of sp³-hybridized carbons (Fsp3) is 0.538. The van der Waals surface area contributed by atoms with Crippen molar-refractivity contribution >= 4 is 0 Å². The molecule has 0 spiro atoms. The molecule has 1 aromatic carbocycles. The molecular weight excluding hydrogens is 200 g/mol. The van der Waals surface area contributed by atoms with Crippen molar-refractivity contribution in [2.75, 3.05) is 34.3 Å². The fourth-order valence-electron chi connectivity index (χ4n) is 1.54. The molecule has 0 aromatic heterocycles. The summed E-state index contributed by atoms with van der Waals surface area (Å²) < 4.78 is 5.77. The van der Waals surface area contributed by atoms with Gasteiger partial charge in [-0.05, 0) is 33.6 Å². The highest BCUT2D eigenvalue weighted by Gasteiger charge is 2.01. The Balaban J connectivity index is 2.40. The van der Waals surface area contributed by atoms with E-state index < -0.39 is 0 Å². The summed E-state index contributed by atoms with van der Waals surface area (Å²) in [5, 5.41) is 3.14. The number of ether oxygens (including phenoxy) is 1. The second kappa shape index (κ2) is 7.25. The molecule has 0 heterocycles. The van der Waals surface area contributed by atoms with Crippen molar-refractivity contribution in [3.63, 3.8) is 0 Å². The first kappa shape index (κ1) is 13.0. The smallest absolute Gasteiger partial charge is 0.123 e. The summed E-state index contributed by atoms with van der Waals surface area (Å²) in [5.41, 5.74) is 1.22. The highest BCUT2D eigenvalue weighted by molar-refractivity contribution is 5.33. The van der Waals surface area contributed by atoms with Gasteiger partial charge in [0.15, 0.2) is 0 Å². The molecule has 0 saturated carbocycles. The van der Waals surface area contributed by atoms with Crippen LogP contribution in [0.5, 0.6) is 5.75 Å². The monoisotopic (exact) mass is 222 g/mol. The predicted octanol–water partition coefficient (Wildman–Crippen LogP) is 1.74. The highest BCUT2D eigenvalue weighted by atomic mass is 16.5. The Hall–Kier alpha value is -1.06. The number of para-hydroxylation sites is 1. The fourth-order valence-corrected chi connectivity index (χ4v) is 1.54. The lowest BCUT2D eigenvalue weighted by molar-refractivity contribution is 0.279. The van der Waals surface area contributed by atoms with E-state index in [2.05, 4.69) is 30.4 Å². The van der Waals surface area contributed by atoms with Gasteiger partial charge >= 0.3 is 0 Å². The second-order valence-corrected chi connectivity index (χ2v) is 4.14. The Morgan fingerprint density at radius 3 is 2.69 bits per heavy atom. The lowest BCUT2D eigenvalue weighted by atomic mass is 10.2. The van der Waals surface area contributed by atoms with E-state index in [1.165, 1.54) is 5.56 Å². The molecule has 3 heteroatoms. The lowest BCUT2D eigenvalue weighted by Crippen LogP contribution is -2.16. The zero-order valence-electron chi connectivity index (χ0n) is 10.5. The Morgan fingerprint density at radius 1 is 1.25 bits per heavy atom. The van der Waals surface area contributed by atoms with E-state index in [-0.39, 0.29) is 0 Å². The van der Waals surface area contributed by atoms with Crippen molar-refractivity contribution in [1.29, 1.82) is 0 Å². The number of nitrogens with one attached hydrogen (secondary N) is 1. The molecule has 16 heavy (non-hydrogen) atoms. The van der Waals surface area contributed by atoms with Gasteiger partial charge in [-0.2, -0.15) is 0 Å². The van der Waals surface area contributed by atoms with Crippen molar-refractivity contribution in [2.45, 2.75) is 13.0 Å². The molecule has 1 rings (SSSR count). The maximum Gasteiger partial charge on any atom is 0.123 e. The molecule has 0 unspecified atom stereocenters. The Labute approximate surface area is 98.4 Å². The number of hydrogen-bond acceptors (Lipinski definition) is 3. The van der Waals surface area contributed by atoms with Crippen LogP contribution in [0.15, 0.2) is 24.3 Å². The van der Waals surface area contributed by atoms with Gasteiger partial charge in [0.05, 0.1) is 6.61 Å². The van der Waals surface area contributed by atoms with Gasteiger partial charge < -0.3 is 15.0 Å². The Morgan fingerprint density at radius 2 is 2.00 bits per heavy atom. The molecule has 0 radical (unpaired) electrons. The number of nitrogens with zero attached hydrogens (tertiary/aromatic N) is 1. The zero-order chi connectivity index (χ0) is 11.8. The van der Waals surface area contributed by atoms with Crippen LogP contribution in [0.1, 0.15) is 12.0 Å². The van der Waals surface area contributed by atoms with E-state index >= 15 is 0 Å². The van der Waals surface area contributed by atoms with Crippen LogP contribution in [0.3, 0.4) is 0 Å². The largest absolute Gasteiger partial charge is 0.493 e. The quantitative estimate of drug-likeness (QED) is 0.711. The molecular formula is C13H22N2O. The van der Waals surface area contributed by atoms with Crippen molar-refractivity contribution in [2.24, 2.45) is 0 Å². The van der Waals surface area contributed by atoms with Crippen LogP contribution < -0.4 is 10.1 Å². The lowest BCUT2D eigenvalue weighted by Gasteiger charge is -2.13. The van der Waals surface area contributed by atoms with Gasteiger partial charge in [-0.25, -0.2) is 0 Å². The maximum atomic E-state index is 5.77. The summed E-state index contributed by atoms with van der Waals surface area (Å²) in [6.45, 7) is 2.69. The first-order chi connectivity index (χ1) is 7.74. The number of hydrogen-bond donors (Lipinski definition) is 1. The third-order valence-corrected chi connectivity index (χ3v) is 2.35. The first-order valence-corrected chi connectivity index (χ1v) is 5.74. The summed E-state index contributed by atoms with van der Waals surface area (Å²) in [7, 11) is 6.10. The third kappa shape index (κ3) is 4.64. The van der Waals surface area contributed by atoms with Gasteiger partial charge in [0.25, 0.3) is 0 Å². The summed E-state index contributed by atoms with van der Waals surface area (Å²) >= 11 is 0. The first-order valence-electron chi connectivity index (χ1n) is 5.74. The van der Waals surface area contributed by atoms with Crippen LogP contribution in [0.25, 0.3) is 0 Å². The van der Waals surface area contributed by atoms with Crippen LogP contribution in [-0.2, 0) is 6.54 Å². The minimum Gasteiger partial charge on any atom is -0.493 e. The molecule has 0 atom stereocenters. The molecule has 1 aromatic rings. The van der Waals surface area contributed by atoms with Crippen LogP contribution in [0.2, 0.25) is 0 Å². The van der Waals surface area contributed by atoms with Crippen LogP contribution in [0, 0.1) is 0 Å². The van der Waals surface area contributed by atoms with Crippen LogP contribution in [0.4, 0.5) is 0 Å². The molecule has 0 fully saturated rings. The molecule has 1 N–H and O–H groups in total. The van der Waals surface area contributed by atoms with E-state index in [4.69, 9.17) is 4.74 Å². The van der Waals surface area contributed by atoms with Crippen molar-refractivity contribution in [1.82, 2.24) is 10.2 Å². The molecule has 90 valence electrons. The molecule has 0 aliphatic rings. The molecule has 0 amide bonds. The molecule has 3 nitrogen and oxygen atoms in total. The molecule has 0 saturated heterocycles. The van der Waals surface area contributed by atoms with Gasteiger partial charge in [-0.3, -0.25) is 0 Å². The van der Waals surface area contributed by atoms with Crippen molar-refractivity contribution in [3.8, 4) is 5.75 Å². The van der Waals surface area contributed by atoms with Crippen LogP contribution >= 0.6 is 0 Å². The highest BCUT2D eigenvalue weighted by Crippen LogP contribution is 2.17. The average Bonchev–Trinajstić information content (AvgIpc) is 2.26. The molecule has 0 aliphatic heterocycles. The molecule has 0 bridgehead atoms. The standard InChI is InChI=1S/C13H22N2O/c1-14-11-12-7-4-5-8-13(12)16-10-6-9-15(2)3/h4-5,7-8,14H,6,9-11H2,1-3H3.